The van der Waals surface area contributed by atoms with Crippen LogP contribution in [0.1, 0.15) is 0 Å². The molecule has 0 saturated carbocycles. The van der Waals surface area contributed by atoms with Crippen LogP contribution in [0.4, 0.5) is 17.1 Å². The van der Waals surface area contributed by atoms with Gasteiger partial charge in [-0.05, 0) is 134 Å². The van der Waals surface area contributed by atoms with Gasteiger partial charge in [0.2, 0.25) is 0 Å². The van der Waals surface area contributed by atoms with Gasteiger partial charge in [0.25, 0.3) is 0 Å². The number of aromatic nitrogens is 1. The Balaban J connectivity index is 0.963. The highest BCUT2D eigenvalue weighted by Crippen LogP contribution is 2.42. The van der Waals surface area contributed by atoms with E-state index in [9.17, 15) is 0 Å². The van der Waals surface area contributed by atoms with E-state index in [2.05, 4.69) is 276 Å². The van der Waals surface area contributed by atoms with Crippen molar-refractivity contribution >= 4 is 49.6 Å². The predicted octanol–water partition coefficient (Wildman–Crippen LogP) is 17.7. The summed E-state index contributed by atoms with van der Waals surface area (Å²) < 4.78 is 2.44. The van der Waals surface area contributed by atoms with Crippen molar-refractivity contribution in [3.8, 4) is 61.3 Å². The number of rotatable bonds is 9. The van der Waals surface area contributed by atoms with E-state index in [4.69, 9.17) is 0 Å². The second-order valence-electron chi connectivity index (χ2n) is 17.0. The molecule has 0 unspecified atom stereocenters. The van der Waals surface area contributed by atoms with Gasteiger partial charge < -0.3 is 9.47 Å². The highest BCUT2D eigenvalue weighted by Gasteiger charge is 2.19. The van der Waals surface area contributed by atoms with Crippen molar-refractivity contribution in [1.82, 2.24) is 4.57 Å². The molecule has 0 aliphatic carbocycles. The van der Waals surface area contributed by atoms with Gasteiger partial charge in [0.1, 0.15) is 0 Å². The Bertz CT molecular complexity index is 3680. The summed E-state index contributed by atoms with van der Waals surface area (Å²) in [5, 5.41) is 4.97. The molecule has 12 aromatic rings. The Kier molecular flexibility index (Phi) is 9.89. The van der Waals surface area contributed by atoms with E-state index in [1.54, 1.807) is 0 Å². The van der Waals surface area contributed by atoms with E-state index in [1.807, 2.05) is 0 Å². The molecule has 66 heavy (non-hydrogen) atoms. The zero-order chi connectivity index (χ0) is 43.8. The van der Waals surface area contributed by atoms with Gasteiger partial charge in [0.05, 0.1) is 16.7 Å². The molecule has 2 nitrogen and oxygen atoms in total. The lowest BCUT2D eigenvalue weighted by molar-refractivity contribution is 1.18. The molecule has 0 aliphatic heterocycles. The molecule has 0 N–H and O–H groups in total. The Morgan fingerprint density at radius 1 is 0.242 bits per heavy atom. The number of hydrogen-bond acceptors (Lipinski definition) is 1. The quantitative estimate of drug-likeness (QED) is 0.141. The number of nitrogens with zero attached hydrogens (tertiary/aromatic N) is 2. The first kappa shape index (κ1) is 38.9. The maximum Gasteiger partial charge on any atom is 0.0541 e. The van der Waals surface area contributed by atoms with Crippen LogP contribution in [-0.2, 0) is 0 Å². The highest BCUT2D eigenvalue weighted by atomic mass is 15.1. The Morgan fingerprint density at radius 3 is 1.44 bits per heavy atom. The van der Waals surface area contributed by atoms with Crippen LogP contribution >= 0.6 is 0 Å². The van der Waals surface area contributed by atoms with Crippen molar-refractivity contribution in [2.75, 3.05) is 4.90 Å². The second-order valence-corrected chi connectivity index (χ2v) is 17.0. The van der Waals surface area contributed by atoms with Crippen LogP contribution < -0.4 is 4.90 Å². The van der Waals surface area contributed by atoms with Gasteiger partial charge >= 0.3 is 0 Å². The fourth-order valence-corrected chi connectivity index (χ4v) is 9.70. The maximum absolute atomic E-state index is 2.44. The first-order valence-corrected chi connectivity index (χ1v) is 22.7. The van der Waals surface area contributed by atoms with Gasteiger partial charge in [-0.25, -0.2) is 0 Å². The molecular formula is C64H44N2. The molecule has 0 radical (unpaired) electrons. The van der Waals surface area contributed by atoms with Crippen LogP contribution in [0.2, 0.25) is 0 Å². The summed E-state index contributed by atoms with van der Waals surface area (Å²) in [4.78, 5) is 2.38. The minimum atomic E-state index is 1.08. The largest absolute Gasteiger partial charge is 0.310 e. The van der Waals surface area contributed by atoms with E-state index in [1.165, 1.54) is 77.1 Å². The summed E-state index contributed by atoms with van der Waals surface area (Å²) in [5.41, 5.74) is 18.7. The normalized spacial score (nSPS) is 11.3. The molecule has 0 bridgehead atoms. The molecule has 11 aromatic carbocycles. The summed E-state index contributed by atoms with van der Waals surface area (Å²) in [6.07, 6.45) is 0. The first-order chi connectivity index (χ1) is 32.7. The summed E-state index contributed by atoms with van der Waals surface area (Å²) in [6.45, 7) is 0. The molecular weight excluding hydrogens is 797 g/mol. The molecule has 310 valence electrons. The van der Waals surface area contributed by atoms with E-state index in [-0.39, 0.29) is 0 Å². The lowest BCUT2D eigenvalue weighted by atomic mass is 9.98. The maximum atomic E-state index is 2.44. The van der Waals surface area contributed by atoms with Crippen LogP contribution in [0.5, 0.6) is 0 Å². The van der Waals surface area contributed by atoms with Crippen molar-refractivity contribution in [1.29, 1.82) is 0 Å². The van der Waals surface area contributed by atoms with Gasteiger partial charge in [0, 0.05) is 33.4 Å². The lowest BCUT2D eigenvalue weighted by Crippen LogP contribution is -2.10. The molecule has 0 saturated heterocycles. The molecule has 0 fully saturated rings. The third-order valence-corrected chi connectivity index (χ3v) is 13.0. The first-order valence-electron chi connectivity index (χ1n) is 22.7. The number of anilines is 3. The van der Waals surface area contributed by atoms with Crippen molar-refractivity contribution in [2.45, 2.75) is 0 Å². The van der Waals surface area contributed by atoms with Gasteiger partial charge in [0.15, 0.2) is 0 Å². The van der Waals surface area contributed by atoms with Gasteiger partial charge in [-0.15, -0.1) is 0 Å². The molecule has 0 aliphatic rings. The number of hydrogen-bond donors (Lipinski definition) is 0. The summed E-state index contributed by atoms with van der Waals surface area (Å²) in [6, 6.07) is 96.9. The standard InChI is InChI=1S/C64H44N2/c1-3-15-45(16-4-1)51-21-13-22-52(41-51)48-31-36-56(37-32-48)65(57-38-33-49(34-39-57)53-30-29-47-19-7-8-20-50(47)42-53)58-24-14-23-55(43-58)59-25-9-11-27-62(59)66-63-28-12-10-26-60(63)61-44-54(35-40-64(61)66)46-17-5-2-6-18-46/h1-44H. The van der Waals surface area contributed by atoms with Crippen LogP contribution in [0, 0.1) is 0 Å². The zero-order valence-corrected chi connectivity index (χ0v) is 36.3. The SMILES string of the molecule is c1ccc(-c2cccc(-c3ccc(N(c4ccc(-c5ccc6ccccc6c5)cc4)c4cccc(-c5ccccc5-n5c6ccccc6c6cc(-c7ccccc7)ccc65)c4)cc3)c2)cc1. The van der Waals surface area contributed by atoms with E-state index in [0.717, 1.165) is 33.9 Å². The van der Waals surface area contributed by atoms with Gasteiger partial charge in [-0.1, -0.05) is 194 Å². The van der Waals surface area contributed by atoms with E-state index in [0.29, 0.717) is 0 Å². The fourth-order valence-electron chi connectivity index (χ4n) is 9.70. The molecule has 1 aromatic heterocycles. The van der Waals surface area contributed by atoms with Crippen LogP contribution in [-0.4, -0.2) is 4.57 Å². The predicted molar refractivity (Wildman–Crippen MR) is 280 cm³/mol. The van der Waals surface area contributed by atoms with Gasteiger partial charge in [-0.2, -0.15) is 0 Å². The third kappa shape index (κ3) is 7.21. The summed E-state index contributed by atoms with van der Waals surface area (Å²) in [7, 11) is 0. The van der Waals surface area contributed by atoms with E-state index >= 15 is 0 Å². The summed E-state index contributed by atoms with van der Waals surface area (Å²) in [5.74, 6) is 0. The minimum Gasteiger partial charge on any atom is -0.310 e. The lowest BCUT2D eigenvalue weighted by Gasteiger charge is -2.27. The molecule has 0 atom stereocenters. The monoisotopic (exact) mass is 840 g/mol. The van der Waals surface area contributed by atoms with Crippen LogP contribution in [0.25, 0.3) is 93.9 Å². The number of para-hydroxylation sites is 2. The zero-order valence-electron chi connectivity index (χ0n) is 36.3. The number of benzene rings is 11. The third-order valence-electron chi connectivity index (χ3n) is 13.0. The molecule has 2 heteroatoms. The number of fused-ring (bicyclic) bond motifs is 4. The van der Waals surface area contributed by atoms with Crippen molar-refractivity contribution in [3.63, 3.8) is 0 Å². The fraction of sp³-hybridized carbons (Fsp3) is 0. The average molecular weight is 841 g/mol. The van der Waals surface area contributed by atoms with Crippen molar-refractivity contribution in [2.24, 2.45) is 0 Å². The van der Waals surface area contributed by atoms with E-state index < -0.39 is 0 Å². The second kappa shape index (κ2) is 16.8. The topological polar surface area (TPSA) is 8.17 Å². The minimum absolute atomic E-state index is 1.08. The smallest absolute Gasteiger partial charge is 0.0541 e. The Labute approximate surface area is 385 Å². The van der Waals surface area contributed by atoms with Crippen molar-refractivity contribution in [3.05, 3.63) is 267 Å². The van der Waals surface area contributed by atoms with Crippen LogP contribution in [0.15, 0.2) is 267 Å². The average Bonchev–Trinajstić information content (AvgIpc) is 3.73. The Hall–Kier alpha value is -8.72. The Morgan fingerprint density at radius 2 is 0.727 bits per heavy atom. The van der Waals surface area contributed by atoms with Gasteiger partial charge in [-0.3, -0.25) is 0 Å². The molecule has 12 rings (SSSR count). The molecule has 0 amide bonds. The summed E-state index contributed by atoms with van der Waals surface area (Å²) >= 11 is 0. The highest BCUT2D eigenvalue weighted by molar-refractivity contribution is 6.11. The van der Waals surface area contributed by atoms with Crippen LogP contribution in [0.3, 0.4) is 0 Å². The molecule has 1 heterocycles. The van der Waals surface area contributed by atoms with Crippen molar-refractivity contribution < 1.29 is 0 Å². The molecule has 0 spiro atoms.